The maximum absolute atomic E-state index is 9.29. The smallest absolute Gasteiger partial charge is 0.0613 e. The maximum atomic E-state index is 9.29. The third-order valence-corrected chi connectivity index (χ3v) is 5.42. The molecule has 4 unspecified atom stereocenters. The van der Waals surface area contributed by atoms with E-state index >= 15 is 0 Å². The van der Waals surface area contributed by atoms with Crippen LogP contribution in [0, 0.1) is 23.2 Å². The molecule has 0 heterocycles. The van der Waals surface area contributed by atoms with Gasteiger partial charge in [-0.1, -0.05) is 44.0 Å². The fourth-order valence-corrected chi connectivity index (χ4v) is 3.98. The van der Waals surface area contributed by atoms with Gasteiger partial charge in [0.2, 0.25) is 0 Å². The molecule has 0 aromatic rings. The predicted molar refractivity (Wildman–Crippen MR) is 71.4 cm³/mol. The Morgan fingerprint density at radius 1 is 1.47 bits per heavy atom. The zero-order valence-corrected chi connectivity index (χ0v) is 11.4. The topological polar surface area (TPSA) is 32.6 Å². The molecule has 2 saturated carbocycles. The van der Waals surface area contributed by atoms with E-state index in [-0.39, 0.29) is 0 Å². The zero-order valence-electron chi connectivity index (χ0n) is 11.4. The molecule has 0 aromatic heterocycles. The average Bonchev–Trinajstić information content (AvgIpc) is 2.29. The van der Waals surface area contributed by atoms with Crippen LogP contribution in [0.4, 0.5) is 0 Å². The molecule has 96 valence electrons. The Hall–Kier alpha value is -0.790. The second-order valence-electron chi connectivity index (χ2n) is 6.43. The summed E-state index contributed by atoms with van der Waals surface area (Å²) in [6.07, 6.45) is 5.92. The van der Waals surface area contributed by atoms with Crippen molar-refractivity contribution >= 4 is 5.71 Å². The van der Waals surface area contributed by atoms with Crippen molar-refractivity contribution in [2.24, 2.45) is 28.3 Å². The summed E-state index contributed by atoms with van der Waals surface area (Å²) in [5.74, 6) is 1.72. The lowest BCUT2D eigenvalue weighted by Crippen LogP contribution is -2.47. The molecule has 2 rings (SSSR count). The molecular weight excluding hydrogens is 210 g/mol. The van der Waals surface area contributed by atoms with E-state index in [4.69, 9.17) is 0 Å². The van der Waals surface area contributed by atoms with Crippen molar-refractivity contribution in [1.29, 1.82) is 0 Å². The molecule has 0 saturated heterocycles. The monoisotopic (exact) mass is 235 g/mol. The molecule has 0 amide bonds. The van der Waals surface area contributed by atoms with Crippen LogP contribution in [0.5, 0.6) is 0 Å². The van der Waals surface area contributed by atoms with Crippen LogP contribution in [0.1, 0.15) is 52.9 Å². The first-order chi connectivity index (χ1) is 7.99. The van der Waals surface area contributed by atoms with Gasteiger partial charge in [-0.15, -0.1) is 0 Å². The second kappa shape index (κ2) is 4.47. The summed E-state index contributed by atoms with van der Waals surface area (Å²) in [5.41, 5.74) is 2.57. The molecular formula is C15H25NO. The molecule has 0 bridgehead atoms. The molecule has 2 fully saturated rings. The van der Waals surface area contributed by atoms with Gasteiger partial charge in [0.05, 0.1) is 5.71 Å². The zero-order chi connectivity index (χ0) is 12.6. The lowest BCUT2D eigenvalue weighted by molar-refractivity contribution is 0.0487. The summed E-state index contributed by atoms with van der Waals surface area (Å²) in [6, 6.07) is 0. The number of rotatable bonds is 1. The number of hydrogen-bond donors (Lipinski definition) is 1. The fourth-order valence-electron chi connectivity index (χ4n) is 3.98. The molecule has 1 N–H and O–H groups in total. The van der Waals surface area contributed by atoms with Gasteiger partial charge >= 0.3 is 0 Å². The molecule has 4 atom stereocenters. The Bertz CT molecular complexity index is 347. The van der Waals surface area contributed by atoms with Gasteiger partial charge in [-0.2, -0.15) is 0 Å². The average molecular weight is 235 g/mol. The van der Waals surface area contributed by atoms with E-state index in [0.29, 0.717) is 17.3 Å². The van der Waals surface area contributed by atoms with Crippen molar-refractivity contribution < 1.29 is 5.21 Å². The first-order valence-corrected chi connectivity index (χ1v) is 6.85. The molecule has 2 heteroatoms. The van der Waals surface area contributed by atoms with Crippen LogP contribution < -0.4 is 0 Å². The molecule has 0 aromatic carbocycles. The van der Waals surface area contributed by atoms with E-state index < -0.39 is 0 Å². The van der Waals surface area contributed by atoms with Crippen molar-refractivity contribution in [3.05, 3.63) is 12.2 Å². The Balaban J connectivity index is 2.33. The SMILES string of the molecule is C=C(C)C1C/C(=N/O)C2CCCC(C)C2(C)C1. The summed E-state index contributed by atoms with van der Waals surface area (Å²) in [7, 11) is 0. The Kier molecular flexibility index (Phi) is 3.33. The molecule has 2 aliphatic carbocycles. The van der Waals surface area contributed by atoms with Crippen molar-refractivity contribution in [1.82, 2.24) is 0 Å². The molecule has 0 radical (unpaired) electrons. The highest BCUT2D eigenvalue weighted by Gasteiger charge is 2.48. The first-order valence-electron chi connectivity index (χ1n) is 6.85. The Morgan fingerprint density at radius 3 is 2.76 bits per heavy atom. The first kappa shape index (κ1) is 12.7. The van der Waals surface area contributed by atoms with E-state index in [0.717, 1.165) is 18.1 Å². The van der Waals surface area contributed by atoms with Crippen LogP contribution in [-0.2, 0) is 0 Å². The number of nitrogens with zero attached hydrogens (tertiary/aromatic N) is 1. The number of hydrogen-bond acceptors (Lipinski definition) is 2. The summed E-state index contributed by atoms with van der Waals surface area (Å²) in [6.45, 7) is 11.0. The van der Waals surface area contributed by atoms with E-state index in [2.05, 4.69) is 32.5 Å². The van der Waals surface area contributed by atoms with Gasteiger partial charge in [0.25, 0.3) is 0 Å². The van der Waals surface area contributed by atoms with Crippen molar-refractivity contribution in [2.45, 2.75) is 52.9 Å². The van der Waals surface area contributed by atoms with E-state index in [1.54, 1.807) is 0 Å². The van der Waals surface area contributed by atoms with Gasteiger partial charge in [0.1, 0.15) is 0 Å². The fraction of sp³-hybridized carbons (Fsp3) is 0.800. The van der Waals surface area contributed by atoms with Crippen LogP contribution in [0.2, 0.25) is 0 Å². The summed E-state index contributed by atoms with van der Waals surface area (Å²) < 4.78 is 0. The van der Waals surface area contributed by atoms with Gasteiger partial charge in [-0.05, 0) is 43.4 Å². The minimum absolute atomic E-state index is 0.307. The molecule has 17 heavy (non-hydrogen) atoms. The highest BCUT2D eigenvalue weighted by atomic mass is 16.4. The normalized spacial score (nSPS) is 44.4. The number of allylic oxidation sites excluding steroid dienone is 1. The van der Waals surface area contributed by atoms with Crippen LogP contribution >= 0.6 is 0 Å². The van der Waals surface area contributed by atoms with Crippen molar-refractivity contribution in [2.75, 3.05) is 0 Å². The number of fused-ring (bicyclic) bond motifs is 1. The maximum Gasteiger partial charge on any atom is 0.0613 e. The van der Waals surface area contributed by atoms with Crippen LogP contribution in [0.25, 0.3) is 0 Å². The largest absolute Gasteiger partial charge is 0.411 e. The molecule has 0 aliphatic heterocycles. The Morgan fingerprint density at radius 2 is 2.18 bits per heavy atom. The van der Waals surface area contributed by atoms with Crippen molar-refractivity contribution in [3.63, 3.8) is 0 Å². The van der Waals surface area contributed by atoms with Crippen LogP contribution in [0.3, 0.4) is 0 Å². The second-order valence-corrected chi connectivity index (χ2v) is 6.43. The van der Waals surface area contributed by atoms with Gasteiger partial charge < -0.3 is 5.21 Å². The third-order valence-electron chi connectivity index (χ3n) is 5.42. The minimum atomic E-state index is 0.307. The van der Waals surface area contributed by atoms with E-state index in [1.165, 1.54) is 31.3 Å². The summed E-state index contributed by atoms with van der Waals surface area (Å²) >= 11 is 0. The summed E-state index contributed by atoms with van der Waals surface area (Å²) in [5, 5.41) is 12.9. The lowest BCUT2D eigenvalue weighted by Gasteiger charge is -2.52. The van der Waals surface area contributed by atoms with Gasteiger partial charge in [-0.25, -0.2) is 0 Å². The highest BCUT2D eigenvalue weighted by Crippen LogP contribution is 2.54. The molecule has 0 spiro atoms. The van der Waals surface area contributed by atoms with Gasteiger partial charge in [0.15, 0.2) is 0 Å². The van der Waals surface area contributed by atoms with Gasteiger partial charge in [-0.3, -0.25) is 0 Å². The Labute approximate surface area is 105 Å². The van der Waals surface area contributed by atoms with Crippen molar-refractivity contribution in [3.8, 4) is 0 Å². The van der Waals surface area contributed by atoms with Crippen LogP contribution in [-0.4, -0.2) is 10.9 Å². The predicted octanol–water partition coefficient (Wildman–Crippen LogP) is 4.25. The quantitative estimate of drug-likeness (QED) is 0.411. The molecule has 2 aliphatic rings. The summed E-state index contributed by atoms with van der Waals surface area (Å²) in [4.78, 5) is 0. The van der Waals surface area contributed by atoms with Crippen LogP contribution in [0.15, 0.2) is 17.3 Å². The lowest BCUT2D eigenvalue weighted by atomic mass is 9.53. The third kappa shape index (κ3) is 2.02. The highest BCUT2D eigenvalue weighted by molar-refractivity contribution is 5.88. The number of oxime groups is 1. The molecule has 2 nitrogen and oxygen atoms in total. The minimum Gasteiger partial charge on any atom is -0.411 e. The van der Waals surface area contributed by atoms with Gasteiger partial charge in [0, 0.05) is 5.92 Å². The standard InChI is InChI=1S/C15H25NO/c1-10(2)12-8-14(16-17)13-7-5-6-11(3)15(13,4)9-12/h11-13,17H,1,5-9H2,2-4H3/b16-14-. The van der Waals surface area contributed by atoms with E-state index in [1.807, 2.05) is 0 Å². The van der Waals surface area contributed by atoms with E-state index in [9.17, 15) is 5.21 Å².